The molecule has 8 heteroatoms. The lowest BCUT2D eigenvalue weighted by Crippen LogP contribution is -2.08. The van der Waals surface area contributed by atoms with Gasteiger partial charge in [0.05, 0.1) is 6.20 Å². The maximum atomic E-state index is 11.5. The molecule has 0 aliphatic carbocycles. The smallest absolute Gasteiger partial charge is 0.356 e. The molecule has 0 atom stereocenters. The van der Waals surface area contributed by atoms with Gasteiger partial charge in [0, 0.05) is 6.07 Å². The molecule has 3 rings (SSSR count). The van der Waals surface area contributed by atoms with Crippen LogP contribution >= 0.6 is 0 Å². The predicted octanol–water partition coefficient (Wildman–Crippen LogP) is -0.403. The Morgan fingerprint density at radius 3 is 3.06 bits per heavy atom. The van der Waals surface area contributed by atoms with Crippen molar-refractivity contribution in [2.45, 2.75) is 0 Å². The van der Waals surface area contributed by atoms with Gasteiger partial charge in [-0.3, -0.25) is 9.89 Å². The summed E-state index contributed by atoms with van der Waals surface area (Å²) in [5.74, 6) is -1.16. The number of hydrogen-bond donors (Lipinski definition) is 3. The molecule has 0 bridgehead atoms. The van der Waals surface area contributed by atoms with Gasteiger partial charge in [0.25, 0.3) is 5.56 Å². The van der Waals surface area contributed by atoms with Gasteiger partial charge in [-0.05, 0) is 0 Å². The lowest BCUT2D eigenvalue weighted by atomic mass is 10.4. The fourth-order valence-corrected chi connectivity index (χ4v) is 1.54. The van der Waals surface area contributed by atoms with Crippen LogP contribution in [0.5, 0.6) is 0 Å². The van der Waals surface area contributed by atoms with Gasteiger partial charge < -0.3 is 10.1 Å². The minimum atomic E-state index is -1.16. The highest BCUT2D eigenvalue weighted by Crippen LogP contribution is 2.09. The number of aromatic amines is 2. The maximum absolute atomic E-state index is 11.5. The molecule has 0 radical (unpaired) electrons. The number of carbonyl (C=O) groups is 1. The number of carboxylic acids is 1. The Bertz CT molecular complexity index is 765. The molecule has 3 aromatic heterocycles. The third kappa shape index (κ3) is 0.975. The SMILES string of the molecule is O=C(O)c1cc2[nH]c(=O)c3cn[nH]c3n2n1. The van der Waals surface area contributed by atoms with Crippen LogP contribution in [0.2, 0.25) is 0 Å². The quantitative estimate of drug-likeness (QED) is 0.514. The van der Waals surface area contributed by atoms with Crippen molar-refractivity contribution < 1.29 is 9.90 Å². The second-order valence-electron chi connectivity index (χ2n) is 3.22. The third-order valence-corrected chi connectivity index (χ3v) is 2.25. The van der Waals surface area contributed by atoms with Crippen molar-refractivity contribution in [2.24, 2.45) is 0 Å². The summed E-state index contributed by atoms with van der Waals surface area (Å²) < 4.78 is 1.30. The Balaban J connectivity index is 2.54. The van der Waals surface area contributed by atoms with Gasteiger partial charge >= 0.3 is 5.97 Å². The minimum absolute atomic E-state index is 0.141. The summed E-state index contributed by atoms with van der Waals surface area (Å²) in [4.78, 5) is 24.8. The molecule has 0 unspecified atom stereocenters. The number of nitrogens with one attached hydrogen (secondary N) is 2. The molecule has 0 aliphatic heterocycles. The molecule has 0 saturated heterocycles. The van der Waals surface area contributed by atoms with Gasteiger partial charge in [-0.25, -0.2) is 4.79 Å². The summed E-state index contributed by atoms with van der Waals surface area (Å²) in [6, 6.07) is 1.28. The first-order chi connectivity index (χ1) is 7.66. The molecule has 3 N–H and O–H groups in total. The number of H-pyrrole nitrogens is 2. The summed E-state index contributed by atoms with van der Waals surface area (Å²) in [5, 5.41) is 19.2. The van der Waals surface area contributed by atoms with E-state index in [0.717, 1.165) is 0 Å². The number of aromatic nitrogens is 5. The standard InChI is InChI=1S/C8H5N5O3/c14-7-3-2-9-11-6(3)13-5(10-7)1-4(12-13)8(15)16/h1-2H,(H,9,11)(H,10,14)(H,15,16). The minimum Gasteiger partial charge on any atom is -0.476 e. The Labute approximate surface area is 86.5 Å². The van der Waals surface area contributed by atoms with Gasteiger partial charge in [-0.2, -0.15) is 14.7 Å². The first-order valence-electron chi connectivity index (χ1n) is 4.35. The van der Waals surface area contributed by atoms with Crippen molar-refractivity contribution in [1.29, 1.82) is 0 Å². The molecular weight excluding hydrogens is 214 g/mol. The Hall–Kier alpha value is -2.64. The molecule has 0 aliphatic rings. The van der Waals surface area contributed by atoms with Crippen LogP contribution in [0, 0.1) is 0 Å². The summed E-state index contributed by atoms with van der Waals surface area (Å²) in [7, 11) is 0. The normalized spacial score (nSPS) is 11.2. The number of hydrogen-bond acceptors (Lipinski definition) is 4. The van der Waals surface area contributed by atoms with Crippen LogP contribution in [0.1, 0.15) is 10.5 Å². The highest BCUT2D eigenvalue weighted by molar-refractivity contribution is 5.87. The topological polar surface area (TPSA) is 116 Å². The predicted molar refractivity (Wildman–Crippen MR) is 52.4 cm³/mol. The zero-order valence-corrected chi connectivity index (χ0v) is 7.76. The van der Waals surface area contributed by atoms with Crippen LogP contribution < -0.4 is 5.56 Å². The first kappa shape index (κ1) is 8.65. The van der Waals surface area contributed by atoms with Crippen molar-refractivity contribution in [1.82, 2.24) is 24.8 Å². The van der Waals surface area contributed by atoms with E-state index in [9.17, 15) is 9.59 Å². The summed E-state index contributed by atoms with van der Waals surface area (Å²) in [5.41, 5.74) is 0.191. The molecule has 0 aromatic carbocycles. The van der Waals surface area contributed by atoms with Crippen molar-refractivity contribution in [3.05, 3.63) is 28.3 Å². The molecule has 16 heavy (non-hydrogen) atoms. The number of rotatable bonds is 1. The van der Waals surface area contributed by atoms with Crippen LogP contribution in [-0.2, 0) is 0 Å². The lowest BCUT2D eigenvalue weighted by Gasteiger charge is -1.93. The van der Waals surface area contributed by atoms with Crippen LogP contribution in [0.15, 0.2) is 17.1 Å². The van der Waals surface area contributed by atoms with E-state index in [-0.39, 0.29) is 11.3 Å². The zero-order chi connectivity index (χ0) is 11.3. The van der Waals surface area contributed by atoms with Gasteiger partial charge in [0.1, 0.15) is 11.0 Å². The molecule has 8 nitrogen and oxygen atoms in total. The summed E-state index contributed by atoms with van der Waals surface area (Å²) in [6.07, 6.45) is 1.36. The molecule has 0 saturated carbocycles. The number of fused-ring (bicyclic) bond motifs is 3. The van der Waals surface area contributed by atoms with Crippen molar-refractivity contribution >= 4 is 22.6 Å². The number of carboxylic acid groups (broad SMARTS) is 1. The summed E-state index contributed by atoms with van der Waals surface area (Å²) >= 11 is 0. The zero-order valence-electron chi connectivity index (χ0n) is 7.76. The molecule has 0 amide bonds. The van der Waals surface area contributed by atoms with Gasteiger partial charge in [-0.15, -0.1) is 0 Å². The van der Waals surface area contributed by atoms with E-state index in [1.54, 1.807) is 0 Å². The van der Waals surface area contributed by atoms with Crippen molar-refractivity contribution in [3.8, 4) is 0 Å². The van der Waals surface area contributed by atoms with E-state index in [0.29, 0.717) is 16.7 Å². The van der Waals surface area contributed by atoms with E-state index < -0.39 is 5.97 Å². The molecule has 3 heterocycles. The average molecular weight is 219 g/mol. The largest absolute Gasteiger partial charge is 0.476 e. The Morgan fingerprint density at radius 1 is 1.50 bits per heavy atom. The third-order valence-electron chi connectivity index (χ3n) is 2.25. The molecule has 80 valence electrons. The second-order valence-corrected chi connectivity index (χ2v) is 3.22. The van der Waals surface area contributed by atoms with Crippen LogP contribution in [0.25, 0.3) is 16.7 Å². The molecule has 3 aromatic rings. The van der Waals surface area contributed by atoms with E-state index in [1.807, 2.05) is 0 Å². The van der Waals surface area contributed by atoms with E-state index in [2.05, 4.69) is 20.3 Å². The van der Waals surface area contributed by atoms with Gasteiger partial charge in [0.15, 0.2) is 11.3 Å². The maximum Gasteiger partial charge on any atom is 0.356 e. The molecular formula is C8H5N5O3. The van der Waals surface area contributed by atoms with Crippen LogP contribution in [-0.4, -0.2) is 35.9 Å². The number of nitrogens with zero attached hydrogens (tertiary/aromatic N) is 3. The Morgan fingerprint density at radius 2 is 2.31 bits per heavy atom. The molecule has 0 spiro atoms. The fourth-order valence-electron chi connectivity index (χ4n) is 1.54. The summed E-state index contributed by atoms with van der Waals surface area (Å²) in [6.45, 7) is 0. The van der Waals surface area contributed by atoms with Crippen LogP contribution in [0.4, 0.5) is 0 Å². The van der Waals surface area contributed by atoms with E-state index in [4.69, 9.17) is 5.11 Å². The van der Waals surface area contributed by atoms with E-state index in [1.165, 1.54) is 16.8 Å². The second kappa shape index (κ2) is 2.69. The highest BCUT2D eigenvalue weighted by Gasteiger charge is 2.13. The average Bonchev–Trinajstić information content (AvgIpc) is 2.80. The van der Waals surface area contributed by atoms with Gasteiger partial charge in [-0.1, -0.05) is 0 Å². The highest BCUT2D eigenvalue weighted by atomic mass is 16.4. The fraction of sp³-hybridized carbons (Fsp3) is 0. The number of aromatic carboxylic acids is 1. The molecule has 0 fully saturated rings. The lowest BCUT2D eigenvalue weighted by molar-refractivity contribution is 0.0690. The monoisotopic (exact) mass is 219 g/mol. The van der Waals surface area contributed by atoms with Crippen molar-refractivity contribution in [2.75, 3.05) is 0 Å². The van der Waals surface area contributed by atoms with E-state index >= 15 is 0 Å². The Kier molecular flexibility index (Phi) is 1.45. The first-order valence-corrected chi connectivity index (χ1v) is 4.35. The van der Waals surface area contributed by atoms with Gasteiger partial charge in [0.2, 0.25) is 0 Å². The van der Waals surface area contributed by atoms with Crippen molar-refractivity contribution in [3.63, 3.8) is 0 Å². The van der Waals surface area contributed by atoms with Crippen LogP contribution in [0.3, 0.4) is 0 Å².